The Hall–Kier alpha value is -5.19. The molecule has 0 atom stereocenters. The lowest BCUT2D eigenvalue weighted by Crippen LogP contribution is -2.18. The van der Waals surface area contributed by atoms with Gasteiger partial charge in [0.25, 0.3) is 0 Å². The van der Waals surface area contributed by atoms with Crippen molar-refractivity contribution < 1.29 is 15.0 Å². The van der Waals surface area contributed by atoms with Gasteiger partial charge >= 0.3 is 6.03 Å². The number of carbonyl (C=O) groups is 1. The van der Waals surface area contributed by atoms with Crippen molar-refractivity contribution in [3.05, 3.63) is 91.0 Å². The van der Waals surface area contributed by atoms with Crippen molar-refractivity contribution in [2.45, 2.75) is 0 Å². The summed E-state index contributed by atoms with van der Waals surface area (Å²) in [5.74, 6) is -0.256. The molecule has 0 aliphatic carbocycles. The second-order valence-electron chi connectivity index (χ2n) is 9.52. The van der Waals surface area contributed by atoms with Gasteiger partial charge in [0.2, 0.25) is 11.8 Å². The fourth-order valence-corrected chi connectivity index (χ4v) is 7.47. The second kappa shape index (κ2) is 8.65. The minimum Gasteiger partial charge on any atom is -0.494 e. The molecule has 1 amide bonds. The predicted molar refractivity (Wildman–Crippen MR) is 163 cm³/mol. The number of fused-ring (bicyclic) bond motifs is 4. The van der Waals surface area contributed by atoms with Gasteiger partial charge in [-0.1, -0.05) is 30.3 Å². The SMILES string of the molecule is NC(=O)n1c(O)c(-c2nc3ccccc3s2)c2cc(-n3c(O)c(-c4nc5ccccc5s4)c4c[c]ccc43)ccc21. The van der Waals surface area contributed by atoms with Gasteiger partial charge in [-0.25, -0.2) is 19.3 Å². The number of primary amides is 1. The van der Waals surface area contributed by atoms with Crippen LogP contribution in [-0.2, 0) is 0 Å². The highest BCUT2D eigenvalue weighted by atomic mass is 32.1. The number of nitrogens with zero attached hydrogens (tertiary/aromatic N) is 4. The largest absolute Gasteiger partial charge is 0.494 e. The van der Waals surface area contributed by atoms with Crippen LogP contribution in [0.5, 0.6) is 11.8 Å². The van der Waals surface area contributed by atoms with E-state index in [1.807, 2.05) is 66.7 Å². The van der Waals surface area contributed by atoms with Crippen LogP contribution in [0.1, 0.15) is 0 Å². The average Bonchev–Trinajstić information content (AvgIpc) is 3.71. The summed E-state index contributed by atoms with van der Waals surface area (Å²) in [6.45, 7) is 0. The standard InChI is InChI=1S/C31H18N5O3S2/c32-31(39)36-22-14-13-16(15-18(22)26(30(36)38)28-34-20-9-3-6-12-24(20)41-28)35-21-10-4-1-7-17(21)25(29(35)37)27-33-19-8-2-5-11-23(19)40-27/h2-15,37-38H,(H2,32,39). The van der Waals surface area contributed by atoms with Crippen molar-refractivity contribution >= 4 is 70.9 Å². The van der Waals surface area contributed by atoms with E-state index in [9.17, 15) is 15.0 Å². The highest BCUT2D eigenvalue weighted by Crippen LogP contribution is 2.46. The number of aromatic nitrogens is 4. The molecule has 4 heterocycles. The van der Waals surface area contributed by atoms with Crippen molar-refractivity contribution in [2.24, 2.45) is 5.73 Å². The molecular formula is C31H18N5O3S2. The molecule has 8 aromatic rings. The van der Waals surface area contributed by atoms with E-state index in [0.29, 0.717) is 37.7 Å². The van der Waals surface area contributed by atoms with Crippen LogP contribution in [0.25, 0.3) is 69.1 Å². The lowest BCUT2D eigenvalue weighted by Gasteiger charge is -2.08. The number of benzene rings is 4. The Balaban J connectivity index is 1.40. The highest BCUT2D eigenvalue weighted by Gasteiger charge is 2.26. The molecule has 0 aliphatic heterocycles. The number of carbonyl (C=O) groups excluding carboxylic acids is 1. The Morgan fingerprint density at radius 1 is 0.780 bits per heavy atom. The molecule has 4 aromatic heterocycles. The Morgan fingerprint density at radius 3 is 2.05 bits per heavy atom. The number of aromatic hydroxyl groups is 2. The zero-order valence-electron chi connectivity index (χ0n) is 21.1. The number of thiazole rings is 2. The summed E-state index contributed by atoms with van der Waals surface area (Å²) in [7, 11) is 0. The molecule has 0 saturated heterocycles. The van der Waals surface area contributed by atoms with E-state index >= 15 is 0 Å². The summed E-state index contributed by atoms with van der Waals surface area (Å²) in [5, 5.41) is 25.6. The quantitative estimate of drug-likeness (QED) is 0.206. The maximum absolute atomic E-state index is 12.4. The van der Waals surface area contributed by atoms with Gasteiger partial charge in [0.05, 0.1) is 42.6 Å². The molecular weight excluding hydrogens is 555 g/mol. The van der Waals surface area contributed by atoms with E-state index in [0.717, 1.165) is 35.9 Å². The average molecular weight is 573 g/mol. The molecule has 0 spiro atoms. The second-order valence-corrected chi connectivity index (χ2v) is 11.6. The summed E-state index contributed by atoms with van der Waals surface area (Å²) in [5.41, 5.74) is 10.2. The van der Waals surface area contributed by atoms with E-state index < -0.39 is 6.03 Å². The summed E-state index contributed by atoms with van der Waals surface area (Å²) >= 11 is 2.92. The van der Waals surface area contributed by atoms with E-state index in [4.69, 9.17) is 15.7 Å². The maximum atomic E-state index is 12.4. The number of para-hydroxylation sites is 2. The first-order valence-corrected chi connectivity index (χ1v) is 14.3. The van der Waals surface area contributed by atoms with Crippen molar-refractivity contribution in [1.29, 1.82) is 0 Å². The van der Waals surface area contributed by atoms with Gasteiger partial charge in [-0.3, -0.25) is 4.57 Å². The molecule has 10 heteroatoms. The molecule has 8 rings (SSSR count). The van der Waals surface area contributed by atoms with Crippen LogP contribution in [0.3, 0.4) is 0 Å². The molecule has 0 saturated carbocycles. The third-order valence-electron chi connectivity index (χ3n) is 7.21. The fraction of sp³-hybridized carbons (Fsp3) is 0. The van der Waals surface area contributed by atoms with Crippen LogP contribution in [0.4, 0.5) is 4.79 Å². The van der Waals surface area contributed by atoms with Crippen LogP contribution in [-0.4, -0.2) is 35.3 Å². The van der Waals surface area contributed by atoms with Gasteiger partial charge in [0, 0.05) is 16.5 Å². The van der Waals surface area contributed by atoms with E-state index in [-0.39, 0.29) is 11.8 Å². The molecule has 0 bridgehead atoms. The van der Waals surface area contributed by atoms with Gasteiger partial charge in [-0.15, -0.1) is 22.7 Å². The molecule has 4 N–H and O–H groups in total. The van der Waals surface area contributed by atoms with E-state index in [1.54, 1.807) is 22.8 Å². The van der Waals surface area contributed by atoms with E-state index in [2.05, 4.69) is 6.07 Å². The van der Waals surface area contributed by atoms with Gasteiger partial charge in [0.1, 0.15) is 10.0 Å². The topological polar surface area (TPSA) is 119 Å². The molecule has 41 heavy (non-hydrogen) atoms. The molecule has 8 nitrogen and oxygen atoms in total. The van der Waals surface area contributed by atoms with Crippen LogP contribution < -0.4 is 5.73 Å². The summed E-state index contributed by atoms with van der Waals surface area (Å²) < 4.78 is 4.79. The summed E-state index contributed by atoms with van der Waals surface area (Å²) in [6.07, 6.45) is 0. The van der Waals surface area contributed by atoms with E-state index in [1.165, 1.54) is 22.7 Å². The monoisotopic (exact) mass is 572 g/mol. The van der Waals surface area contributed by atoms with Crippen LogP contribution >= 0.6 is 22.7 Å². The lowest BCUT2D eigenvalue weighted by molar-refractivity contribution is 0.248. The molecule has 0 aliphatic rings. The lowest BCUT2D eigenvalue weighted by atomic mass is 10.1. The molecule has 1 radical (unpaired) electrons. The number of rotatable bonds is 3. The zero-order valence-corrected chi connectivity index (χ0v) is 22.7. The Bertz CT molecular complexity index is 2280. The van der Waals surface area contributed by atoms with Gasteiger partial charge in [0.15, 0.2) is 0 Å². The van der Waals surface area contributed by atoms with Crippen molar-refractivity contribution in [3.63, 3.8) is 0 Å². The number of hydrogen-bond acceptors (Lipinski definition) is 7. The van der Waals surface area contributed by atoms with Crippen molar-refractivity contribution in [1.82, 2.24) is 19.1 Å². The summed E-state index contributed by atoms with van der Waals surface area (Å²) in [6, 6.07) is 28.7. The molecule has 197 valence electrons. The summed E-state index contributed by atoms with van der Waals surface area (Å²) in [4.78, 5) is 21.9. The number of amides is 1. The first-order chi connectivity index (χ1) is 20.0. The third kappa shape index (κ3) is 3.41. The number of nitrogens with two attached hydrogens (primary N) is 1. The maximum Gasteiger partial charge on any atom is 0.326 e. The minimum atomic E-state index is -0.810. The Morgan fingerprint density at radius 2 is 1.41 bits per heavy atom. The minimum absolute atomic E-state index is 0.0260. The number of hydrogen-bond donors (Lipinski definition) is 3. The van der Waals surface area contributed by atoms with Gasteiger partial charge < -0.3 is 15.9 Å². The van der Waals surface area contributed by atoms with Crippen molar-refractivity contribution in [2.75, 3.05) is 0 Å². The van der Waals surface area contributed by atoms with Crippen LogP contribution in [0, 0.1) is 6.07 Å². The Kier molecular flexibility index (Phi) is 5.00. The van der Waals surface area contributed by atoms with Gasteiger partial charge in [-0.2, -0.15) is 0 Å². The normalized spacial score (nSPS) is 11.8. The smallest absolute Gasteiger partial charge is 0.326 e. The fourth-order valence-electron chi connectivity index (χ4n) is 5.43. The van der Waals surface area contributed by atoms with Crippen LogP contribution in [0.2, 0.25) is 0 Å². The zero-order chi connectivity index (χ0) is 27.8. The van der Waals surface area contributed by atoms with Crippen molar-refractivity contribution in [3.8, 4) is 38.6 Å². The van der Waals surface area contributed by atoms with Gasteiger partial charge in [-0.05, 0) is 60.7 Å². The molecule has 4 aromatic carbocycles. The third-order valence-corrected chi connectivity index (χ3v) is 9.31. The van der Waals surface area contributed by atoms with Crippen LogP contribution in [0.15, 0.2) is 84.9 Å². The molecule has 0 fully saturated rings. The first-order valence-electron chi connectivity index (χ1n) is 12.6. The Labute approximate surface area is 239 Å². The first kappa shape index (κ1) is 23.7. The highest BCUT2D eigenvalue weighted by molar-refractivity contribution is 7.22. The predicted octanol–water partition coefficient (Wildman–Crippen LogP) is 7.28. The molecule has 0 unspecified atom stereocenters.